The molecule has 1 spiro atoms. The summed E-state index contributed by atoms with van der Waals surface area (Å²) in [4.78, 5) is 0. The molecule has 1 heterocycles. The van der Waals surface area contributed by atoms with Crippen molar-refractivity contribution >= 4 is 12.4 Å². The Labute approximate surface area is 121 Å². The van der Waals surface area contributed by atoms with Gasteiger partial charge in [-0.25, -0.2) is 0 Å². The number of morpholine rings is 1. The summed E-state index contributed by atoms with van der Waals surface area (Å²) in [5.41, 5.74) is 1.45. The van der Waals surface area contributed by atoms with Crippen LogP contribution in [0.4, 0.5) is 0 Å². The Balaban J connectivity index is 0.00000133. The average Bonchev–Trinajstić information content (AvgIpc) is 2.37. The highest BCUT2D eigenvalue weighted by Crippen LogP contribution is 2.37. The summed E-state index contributed by atoms with van der Waals surface area (Å²) in [5, 5.41) is 3.60. The van der Waals surface area contributed by atoms with Gasteiger partial charge >= 0.3 is 0 Å². The highest BCUT2D eigenvalue weighted by molar-refractivity contribution is 5.85. The molecule has 1 aliphatic carbocycles. The van der Waals surface area contributed by atoms with Crippen molar-refractivity contribution in [1.29, 1.82) is 0 Å². The Morgan fingerprint density at radius 3 is 2.68 bits per heavy atom. The molecular weight excluding hydrogens is 262 g/mol. The molecule has 1 N–H and O–H groups in total. The number of nitrogens with one attached hydrogen (secondary N) is 1. The first-order valence-corrected chi connectivity index (χ1v) is 6.78. The Morgan fingerprint density at radius 1 is 1.32 bits per heavy atom. The Kier molecular flexibility index (Phi) is 4.85. The largest absolute Gasteiger partial charge is 0.375 e. The molecule has 0 radical (unpaired) electrons. The number of hydrogen-bond acceptors (Lipinski definition) is 3. The van der Waals surface area contributed by atoms with Crippen molar-refractivity contribution in [2.75, 3.05) is 13.2 Å². The summed E-state index contributed by atoms with van der Waals surface area (Å²) < 4.78 is 11.7. The zero-order valence-electron chi connectivity index (χ0n) is 11.3. The van der Waals surface area contributed by atoms with E-state index in [2.05, 4.69) is 36.5 Å². The van der Waals surface area contributed by atoms with Gasteiger partial charge in [0.25, 0.3) is 0 Å². The van der Waals surface area contributed by atoms with Gasteiger partial charge in [-0.3, -0.25) is 0 Å². The fourth-order valence-electron chi connectivity index (χ4n) is 2.75. The lowest BCUT2D eigenvalue weighted by Crippen LogP contribution is -2.65. The van der Waals surface area contributed by atoms with Crippen molar-refractivity contribution in [3.63, 3.8) is 0 Å². The fourth-order valence-corrected chi connectivity index (χ4v) is 2.75. The SMILES string of the molecule is C[C@H]1CNC2(CO1)CC(OCc1ccccc1)C2.Cl. The molecule has 0 amide bonds. The predicted octanol–water partition coefficient (Wildman–Crippen LogP) is 2.53. The lowest BCUT2D eigenvalue weighted by Gasteiger charge is -2.51. The smallest absolute Gasteiger partial charge is 0.0720 e. The van der Waals surface area contributed by atoms with Crippen molar-refractivity contribution in [3.05, 3.63) is 35.9 Å². The molecule has 1 saturated carbocycles. The van der Waals surface area contributed by atoms with E-state index >= 15 is 0 Å². The third-order valence-corrected chi connectivity index (χ3v) is 3.97. The van der Waals surface area contributed by atoms with Gasteiger partial charge in [-0.2, -0.15) is 0 Å². The lowest BCUT2D eigenvalue weighted by atomic mass is 9.74. The van der Waals surface area contributed by atoms with Gasteiger partial charge in [0.2, 0.25) is 0 Å². The highest BCUT2D eigenvalue weighted by Gasteiger charge is 2.46. The minimum absolute atomic E-state index is 0. The summed E-state index contributed by atoms with van der Waals surface area (Å²) >= 11 is 0. The van der Waals surface area contributed by atoms with E-state index in [4.69, 9.17) is 9.47 Å². The van der Waals surface area contributed by atoms with E-state index in [1.807, 2.05) is 6.07 Å². The van der Waals surface area contributed by atoms with Crippen LogP contribution >= 0.6 is 12.4 Å². The van der Waals surface area contributed by atoms with E-state index in [9.17, 15) is 0 Å². The van der Waals surface area contributed by atoms with Crippen LogP contribution in [0.2, 0.25) is 0 Å². The third kappa shape index (κ3) is 3.48. The zero-order chi connectivity index (χ0) is 12.4. The van der Waals surface area contributed by atoms with Gasteiger partial charge < -0.3 is 14.8 Å². The van der Waals surface area contributed by atoms with E-state index < -0.39 is 0 Å². The Hall–Kier alpha value is -0.610. The number of benzene rings is 1. The monoisotopic (exact) mass is 283 g/mol. The summed E-state index contributed by atoms with van der Waals surface area (Å²) in [7, 11) is 0. The number of halogens is 1. The van der Waals surface area contributed by atoms with Gasteiger partial charge in [-0.1, -0.05) is 30.3 Å². The van der Waals surface area contributed by atoms with E-state index in [0.717, 1.165) is 32.6 Å². The first kappa shape index (κ1) is 14.8. The molecular formula is C15H22ClNO2. The quantitative estimate of drug-likeness (QED) is 0.925. The van der Waals surface area contributed by atoms with E-state index in [1.165, 1.54) is 5.56 Å². The Morgan fingerprint density at radius 2 is 2.05 bits per heavy atom. The van der Waals surface area contributed by atoms with Crippen molar-refractivity contribution in [2.45, 2.75) is 44.1 Å². The first-order valence-electron chi connectivity index (χ1n) is 6.78. The van der Waals surface area contributed by atoms with Crippen LogP contribution in [-0.2, 0) is 16.1 Å². The van der Waals surface area contributed by atoms with Crippen LogP contribution in [-0.4, -0.2) is 30.9 Å². The molecule has 1 aliphatic heterocycles. The topological polar surface area (TPSA) is 30.5 Å². The highest BCUT2D eigenvalue weighted by atomic mass is 35.5. The maximum atomic E-state index is 5.92. The molecule has 106 valence electrons. The summed E-state index contributed by atoms with van der Waals surface area (Å²) in [6.45, 7) is 4.63. The molecule has 19 heavy (non-hydrogen) atoms. The molecule has 1 saturated heterocycles. The third-order valence-electron chi connectivity index (χ3n) is 3.97. The van der Waals surface area contributed by atoms with E-state index in [0.29, 0.717) is 12.2 Å². The minimum atomic E-state index is 0. The van der Waals surface area contributed by atoms with E-state index in [1.54, 1.807) is 0 Å². The number of rotatable bonds is 3. The van der Waals surface area contributed by atoms with Gasteiger partial charge in [0.1, 0.15) is 0 Å². The molecule has 0 bridgehead atoms. The van der Waals surface area contributed by atoms with Crippen molar-refractivity contribution in [1.82, 2.24) is 5.32 Å². The fraction of sp³-hybridized carbons (Fsp3) is 0.600. The van der Waals surface area contributed by atoms with Crippen molar-refractivity contribution in [2.24, 2.45) is 0 Å². The molecule has 1 aromatic carbocycles. The molecule has 4 heteroatoms. The van der Waals surface area contributed by atoms with Crippen LogP contribution in [0.5, 0.6) is 0 Å². The van der Waals surface area contributed by atoms with Crippen LogP contribution in [0.25, 0.3) is 0 Å². The standard InChI is InChI=1S/C15H21NO2.ClH/c1-12-9-16-15(11-18-12)7-14(8-15)17-10-13-5-3-2-4-6-13;/h2-6,12,14,16H,7-11H2,1H3;1H/t12-,14?,15?;/m0./s1. The van der Waals surface area contributed by atoms with Crippen LogP contribution in [0, 0.1) is 0 Å². The lowest BCUT2D eigenvalue weighted by molar-refractivity contribution is -0.123. The molecule has 3 nitrogen and oxygen atoms in total. The second kappa shape index (κ2) is 6.23. The molecule has 3 rings (SSSR count). The van der Waals surface area contributed by atoms with Crippen molar-refractivity contribution < 1.29 is 9.47 Å². The normalized spacial score (nSPS) is 33.5. The van der Waals surface area contributed by atoms with E-state index in [-0.39, 0.29) is 17.9 Å². The van der Waals surface area contributed by atoms with Crippen LogP contribution in [0.3, 0.4) is 0 Å². The van der Waals surface area contributed by atoms with Gasteiger partial charge in [0, 0.05) is 12.1 Å². The van der Waals surface area contributed by atoms with Gasteiger partial charge in [0.05, 0.1) is 25.4 Å². The number of hydrogen-bond donors (Lipinski definition) is 1. The summed E-state index contributed by atoms with van der Waals surface area (Å²) in [5.74, 6) is 0. The first-order chi connectivity index (χ1) is 8.76. The number of ether oxygens (including phenoxy) is 2. The predicted molar refractivity (Wildman–Crippen MR) is 77.6 cm³/mol. The summed E-state index contributed by atoms with van der Waals surface area (Å²) in [6.07, 6.45) is 2.88. The van der Waals surface area contributed by atoms with Crippen LogP contribution in [0.1, 0.15) is 25.3 Å². The van der Waals surface area contributed by atoms with Gasteiger partial charge in [0.15, 0.2) is 0 Å². The molecule has 1 atom stereocenters. The molecule has 0 unspecified atom stereocenters. The molecule has 1 aromatic rings. The maximum absolute atomic E-state index is 5.92. The van der Waals surface area contributed by atoms with Crippen LogP contribution < -0.4 is 5.32 Å². The zero-order valence-corrected chi connectivity index (χ0v) is 12.1. The molecule has 0 aromatic heterocycles. The average molecular weight is 284 g/mol. The minimum Gasteiger partial charge on any atom is -0.375 e. The van der Waals surface area contributed by atoms with Crippen LogP contribution in [0.15, 0.2) is 30.3 Å². The Bertz CT molecular complexity index is 382. The van der Waals surface area contributed by atoms with Crippen molar-refractivity contribution in [3.8, 4) is 0 Å². The van der Waals surface area contributed by atoms with Gasteiger partial charge in [-0.15, -0.1) is 12.4 Å². The maximum Gasteiger partial charge on any atom is 0.0720 e. The molecule has 2 aliphatic rings. The second-order valence-electron chi connectivity index (χ2n) is 5.61. The second-order valence-corrected chi connectivity index (χ2v) is 5.61. The van der Waals surface area contributed by atoms with Gasteiger partial charge in [-0.05, 0) is 25.3 Å². The summed E-state index contributed by atoms with van der Waals surface area (Å²) in [6, 6.07) is 10.4. The molecule has 2 fully saturated rings.